The average Bonchev–Trinajstić information content (AvgIpc) is 3.75. The lowest BCUT2D eigenvalue weighted by Crippen LogP contribution is -2.41. The third-order valence-corrected chi connectivity index (χ3v) is 13.2. The minimum Gasteiger partial charge on any atom is -0.381 e. The van der Waals surface area contributed by atoms with Crippen LogP contribution in [0.4, 0.5) is 22.0 Å². The van der Waals surface area contributed by atoms with Gasteiger partial charge in [-0.15, -0.1) is 0 Å². The van der Waals surface area contributed by atoms with E-state index in [1.807, 2.05) is 23.6 Å². The van der Waals surface area contributed by atoms with Gasteiger partial charge in [-0.25, -0.2) is 23.1 Å². The van der Waals surface area contributed by atoms with Gasteiger partial charge in [0, 0.05) is 55.0 Å². The first-order valence-corrected chi connectivity index (χ1v) is 21.2. The highest BCUT2D eigenvalue weighted by Gasteiger charge is 2.52. The van der Waals surface area contributed by atoms with E-state index in [0.717, 1.165) is 40.1 Å². The Morgan fingerprint density at radius 3 is 2.46 bits per heavy atom. The van der Waals surface area contributed by atoms with Crippen LogP contribution in [0.1, 0.15) is 83.3 Å². The molecule has 3 aromatic carbocycles. The van der Waals surface area contributed by atoms with Crippen LogP contribution in [-0.2, 0) is 23.2 Å². The van der Waals surface area contributed by atoms with E-state index in [9.17, 15) is 27.2 Å². The van der Waals surface area contributed by atoms with E-state index in [1.54, 1.807) is 17.9 Å². The van der Waals surface area contributed by atoms with Crippen LogP contribution in [-0.4, -0.2) is 80.1 Å². The van der Waals surface area contributed by atoms with Gasteiger partial charge in [-0.05, 0) is 105 Å². The summed E-state index contributed by atoms with van der Waals surface area (Å²) in [6.45, 7) is 3.55. The molecule has 1 aliphatic carbocycles. The quantitative estimate of drug-likeness (QED) is 0.158. The van der Waals surface area contributed by atoms with Gasteiger partial charge in [0.05, 0.1) is 40.2 Å². The van der Waals surface area contributed by atoms with Gasteiger partial charge in [-0.3, -0.25) is 28.1 Å². The zero-order valence-corrected chi connectivity index (χ0v) is 34.9. The number of halogens is 5. The number of nitrogens with one attached hydrogen (secondary N) is 1. The van der Waals surface area contributed by atoms with E-state index in [0.29, 0.717) is 64.8 Å². The molecule has 334 valence electrons. The number of rotatable bonds is 8. The summed E-state index contributed by atoms with van der Waals surface area (Å²) in [6.07, 6.45) is 2.31. The fraction of sp³-hybridized carbons (Fsp3) is 0.333. The number of fused-ring (bicyclic) bond motifs is 3. The number of alkyl halides is 3. The van der Waals surface area contributed by atoms with Crippen LogP contribution in [0, 0.1) is 18.6 Å². The summed E-state index contributed by atoms with van der Waals surface area (Å²) in [5.41, 5.74) is 2.15. The van der Waals surface area contributed by atoms with Crippen molar-refractivity contribution in [3.8, 4) is 17.2 Å². The first kappa shape index (κ1) is 40.7. The van der Waals surface area contributed by atoms with Crippen molar-refractivity contribution in [3.05, 3.63) is 140 Å². The SMILES string of the molecule is Cc1cc(-n2nc3c(c2-n2ccn(-c4ccc5c(cnn5CC(F)(F)F)c4F)c2=O)[C@H](C)N(C(=O)c2cc4cc(C5CCOCC5)ccc4n2C2(c4noc(=O)[nH]4)CC2)CC3)ccc1F. The van der Waals surface area contributed by atoms with Gasteiger partial charge in [-0.2, -0.15) is 23.4 Å². The molecule has 0 radical (unpaired) electrons. The van der Waals surface area contributed by atoms with E-state index in [4.69, 9.17) is 14.4 Å². The largest absolute Gasteiger partial charge is 0.438 e. The van der Waals surface area contributed by atoms with Gasteiger partial charge < -0.3 is 14.2 Å². The molecular weight excluding hydrogens is 856 g/mol. The highest BCUT2D eigenvalue weighted by molar-refractivity contribution is 6.00. The molecule has 1 amide bonds. The first-order valence-electron chi connectivity index (χ1n) is 21.2. The van der Waals surface area contributed by atoms with Crippen molar-refractivity contribution in [3.63, 3.8) is 0 Å². The van der Waals surface area contributed by atoms with Crippen LogP contribution < -0.4 is 11.4 Å². The predicted octanol–water partition coefficient (Wildman–Crippen LogP) is 7.13. The molecule has 3 aliphatic rings. The molecule has 1 saturated carbocycles. The Labute approximate surface area is 364 Å². The molecule has 0 spiro atoms. The minimum absolute atomic E-state index is 0.103. The maximum Gasteiger partial charge on any atom is 0.438 e. The molecule has 11 rings (SSSR count). The Morgan fingerprint density at radius 2 is 1.74 bits per heavy atom. The number of ether oxygens (including phenoxy) is 1. The number of amides is 1. The summed E-state index contributed by atoms with van der Waals surface area (Å²) in [5, 5.41) is 13.4. The lowest BCUT2D eigenvalue weighted by Gasteiger charge is -2.34. The molecule has 2 fully saturated rings. The lowest BCUT2D eigenvalue weighted by molar-refractivity contribution is -0.141. The number of H-pyrrole nitrogens is 1. The van der Waals surface area contributed by atoms with Gasteiger partial charge in [0.15, 0.2) is 11.6 Å². The molecule has 7 heterocycles. The lowest BCUT2D eigenvalue weighted by atomic mass is 9.91. The predicted molar refractivity (Wildman–Crippen MR) is 224 cm³/mol. The minimum atomic E-state index is -4.60. The normalized spacial score (nSPS) is 17.6. The number of benzene rings is 3. The number of aromatic amines is 1. The van der Waals surface area contributed by atoms with Crippen LogP contribution in [0.25, 0.3) is 39.0 Å². The molecular formula is C45H39F5N10O5. The number of nitrogens with zero attached hydrogens (tertiary/aromatic N) is 9. The number of imidazole rings is 1. The Hall–Kier alpha value is -7.09. The van der Waals surface area contributed by atoms with Gasteiger partial charge in [0.2, 0.25) is 0 Å². The van der Waals surface area contributed by atoms with Gasteiger partial charge >= 0.3 is 17.6 Å². The van der Waals surface area contributed by atoms with Crippen molar-refractivity contribution in [2.45, 2.75) is 76.2 Å². The second-order valence-electron chi connectivity index (χ2n) is 17.1. The van der Waals surface area contributed by atoms with Crippen LogP contribution in [0.3, 0.4) is 0 Å². The first-order chi connectivity index (χ1) is 31.2. The summed E-state index contributed by atoms with van der Waals surface area (Å²) in [7, 11) is 0. The summed E-state index contributed by atoms with van der Waals surface area (Å²) < 4.78 is 87.6. The number of hydrogen-bond acceptors (Lipinski definition) is 8. The van der Waals surface area contributed by atoms with Gasteiger partial charge in [-0.1, -0.05) is 11.2 Å². The molecule has 8 aromatic rings. The van der Waals surface area contributed by atoms with Crippen LogP contribution in [0.5, 0.6) is 0 Å². The highest BCUT2D eigenvalue weighted by Crippen LogP contribution is 2.51. The van der Waals surface area contributed by atoms with E-state index in [2.05, 4.69) is 27.4 Å². The number of hydrogen-bond donors (Lipinski definition) is 1. The standard InChI is InChI=1S/C45H39F5N10O5/c1-24-19-29(4-5-31(24)46)60-39(57-16-15-56(43(57)63)35-8-7-34-30(38(35)47)22-51-58(34)23-45(48,49)50)37-25(2)55(14-9-32(37)53-60)40(61)36-21-28-20-27(26-10-17-64-18-11-26)3-6-33(28)59(36)44(12-13-44)41-52-42(62)65-54-41/h3-8,15-16,19-22,25-26H,9-14,17-18,23H2,1-2H3,(H,52,54,62)/t25-/m0/s1. The van der Waals surface area contributed by atoms with Crippen LogP contribution in [0.2, 0.25) is 0 Å². The van der Waals surface area contributed by atoms with Crippen LogP contribution >= 0.6 is 0 Å². The third kappa shape index (κ3) is 6.55. The summed E-state index contributed by atoms with van der Waals surface area (Å²) in [5.74, 6) is -1.62. The van der Waals surface area contributed by atoms with E-state index >= 15 is 9.18 Å². The number of carbonyl (C=O) groups excluding carboxylic acids is 1. The van der Waals surface area contributed by atoms with E-state index in [-0.39, 0.29) is 47.2 Å². The molecule has 1 saturated heterocycles. The zero-order chi connectivity index (χ0) is 45.1. The molecule has 1 N–H and O–H groups in total. The summed E-state index contributed by atoms with van der Waals surface area (Å²) in [6, 6.07) is 14.2. The molecule has 5 aromatic heterocycles. The van der Waals surface area contributed by atoms with Crippen molar-refractivity contribution in [2.24, 2.45) is 0 Å². The van der Waals surface area contributed by atoms with Crippen molar-refractivity contribution in [1.82, 2.24) is 48.3 Å². The Bertz CT molecular complexity index is 3340. The topological polar surface area (TPSA) is 156 Å². The molecule has 2 aliphatic heterocycles. The molecule has 1 atom stereocenters. The third-order valence-electron chi connectivity index (χ3n) is 13.2. The average molecular weight is 895 g/mol. The van der Waals surface area contributed by atoms with Crippen molar-refractivity contribution in [1.29, 1.82) is 0 Å². The zero-order valence-electron chi connectivity index (χ0n) is 34.9. The maximum absolute atomic E-state index is 16.2. The molecule has 0 unspecified atom stereocenters. The summed E-state index contributed by atoms with van der Waals surface area (Å²) >= 11 is 0. The van der Waals surface area contributed by atoms with E-state index < -0.39 is 47.4 Å². The van der Waals surface area contributed by atoms with Gasteiger partial charge in [0.25, 0.3) is 5.91 Å². The number of aromatic nitrogens is 9. The Morgan fingerprint density at radius 1 is 0.969 bits per heavy atom. The molecule has 0 bridgehead atoms. The van der Waals surface area contributed by atoms with Crippen molar-refractivity contribution >= 4 is 27.7 Å². The molecule has 20 heteroatoms. The highest BCUT2D eigenvalue weighted by atomic mass is 19.4. The Balaban J connectivity index is 1.03. The second-order valence-corrected chi connectivity index (χ2v) is 17.1. The molecule has 65 heavy (non-hydrogen) atoms. The van der Waals surface area contributed by atoms with Crippen molar-refractivity contribution < 1.29 is 36.0 Å². The fourth-order valence-corrected chi connectivity index (χ4v) is 9.82. The van der Waals surface area contributed by atoms with Crippen molar-refractivity contribution in [2.75, 3.05) is 19.8 Å². The molecule has 15 nitrogen and oxygen atoms in total. The Kier molecular flexibility index (Phi) is 9.21. The second kappa shape index (κ2) is 14.7. The van der Waals surface area contributed by atoms with E-state index in [1.165, 1.54) is 45.9 Å². The smallest absolute Gasteiger partial charge is 0.381 e. The monoisotopic (exact) mass is 894 g/mol. The maximum atomic E-state index is 16.2. The fourth-order valence-electron chi connectivity index (χ4n) is 9.82. The number of aryl methyl sites for hydroxylation is 1. The summed E-state index contributed by atoms with van der Waals surface area (Å²) in [4.78, 5) is 46.6. The van der Waals surface area contributed by atoms with Gasteiger partial charge in [0.1, 0.15) is 29.4 Å². The van der Waals surface area contributed by atoms with Crippen LogP contribution in [0.15, 0.2) is 87.3 Å². The number of carbonyl (C=O) groups is 1.